The first-order chi connectivity index (χ1) is 16.5. The first-order valence-corrected chi connectivity index (χ1v) is 12.7. The van der Waals surface area contributed by atoms with Gasteiger partial charge < -0.3 is 11.1 Å². The van der Waals surface area contributed by atoms with Crippen LogP contribution in [-0.2, 0) is 17.6 Å². The number of thioether (sulfide) groups is 1. The normalized spacial score (nSPS) is 13.4. The van der Waals surface area contributed by atoms with E-state index in [-0.39, 0.29) is 5.91 Å². The van der Waals surface area contributed by atoms with Crippen molar-refractivity contribution >= 4 is 39.9 Å². The number of carbonyl (C=O) groups is 2. The SMILES string of the molecule is C[C@H](Sc1nnc(-c2ccccc2)n1-c1ccccc1)C(=O)Nc1sc2c(c1C(N)=O)CCC2. The first-order valence-electron chi connectivity index (χ1n) is 11.0. The predicted octanol–water partition coefficient (Wildman–Crippen LogP) is 4.70. The minimum atomic E-state index is -0.494. The Balaban J connectivity index is 1.42. The molecule has 5 rings (SSSR count). The maximum absolute atomic E-state index is 13.1. The number of nitrogens with two attached hydrogens (primary N) is 1. The van der Waals surface area contributed by atoms with Crippen molar-refractivity contribution in [2.24, 2.45) is 5.73 Å². The van der Waals surface area contributed by atoms with Gasteiger partial charge in [0, 0.05) is 16.1 Å². The lowest BCUT2D eigenvalue weighted by Gasteiger charge is -2.14. The molecule has 0 bridgehead atoms. The lowest BCUT2D eigenvalue weighted by Crippen LogP contribution is -2.24. The van der Waals surface area contributed by atoms with Gasteiger partial charge in [0.05, 0.1) is 10.8 Å². The van der Waals surface area contributed by atoms with Gasteiger partial charge in [-0.05, 0) is 43.9 Å². The minimum absolute atomic E-state index is 0.212. The highest BCUT2D eigenvalue weighted by Gasteiger charge is 2.28. The van der Waals surface area contributed by atoms with Gasteiger partial charge in [-0.1, -0.05) is 60.3 Å². The second-order valence-corrected chi connectivity index (χ2v) is 10.4. The second-order valence-electron chi connectivity index (χ2n) is 8.02. The molecule has 2 amide bonds. The Labute approximate surface area is 205 Å². The van der Waals surface area contributed by atoms with Crippen LogP contribution in [0.15, 0.2) is 65.8 Å². The third kappa shape index (κ3) is 4.24. The standard InChI is InChI=1S/C25H23N5O2S2/c1-15(23(32)27-24-20(21(26)31)18-13-8-14-19(18)34-24)33-25-29-28-22(16-9-4-2-5-10-16)30(25)17-11-6-3-7-12-17/h2-7,9-12,15H,8,13-14H2,1H3,(H2,26,31)(H,27,32)/t15-/m0/s1. The fourth-order valence-electron chi connectivity index (χ4n) is 4.11. The summed E-state index contributed by atoms with van der Waals surface area (Å²) in [7, 11) is 0. The van der Waals surface area contributed by atoms with E-state index in [0.717, 1.165) is 41.0 Å². The number of para-hydroxylation sites is 1. The summed E-state index contributed by atoms with van der Waals surface area (Å²) in [5.74, 6) is -0.00442. The number of nitrogens with zero attached hydrogens (tertiary/aromatic N) is 3. The zero-order valence-electron chi connectivity index (χ0n) is 18.5. The number of carbonyl (C=O) groups excluding carboxylic acids is 2. The fourth-order valence-corrected chi connectivity index (χ4v) is 6.27. The van der Waals surface area contributed by atoms with Crippen LogP contribution in [0.2, 0.25) is 0 Å². The average Bonchev–Trinajstić information content (AvgIpc) is 3.54. The molecule has 4 aromatic rings. The Kier molecular flexibility index (Phi) is 6.21. The molecule has 1 aliphatic carbocycles. The number of nitrogens with one attached hydrogen (secondary N) is 1. The molecule has 34 heavy (non-hydrogen) atoms. The summed E-state index contributed by atoms with van der Waals surface area (Å²) in [6.07, 6.45) is 2.76. The highest BCUT2D eigenvalue weighted by atomic mass is 32.2. The molecule has 2 heterocycles. The summed E-state index contributed by atoms with van der Waals surface area (Å²) in [6.45, 7) is 1.82. The number of primary amides is 1. The van der Waals surface area contributed by atoms with Crippen LogP contribution in [0.5, 0.6) is 0 Å². The van der Waals surface area contributed by atoms with Crippen LogP contribution in [0.25, 0.3) is 17.1 Å². The highest BCUT2D eigenvalue weighted by Crippen LogP contribution is 2.39. The van der Waals surface area contributed by atoms with Crippen LogP contribution < -0.4 is 11.1 Å². The van der Waals surface area contributed by atoms with Gasteiger partial charge in [0.25, 0.3) is 5.91 Å². The highest BCUT2D eigenvalue weighted by molar-refractivity contribution is 8.00. The first kappa shape index (κ1) is 22.4. The summed E-state index contributed by atoms with van der Waals surface area (Å²) in [5.41, 5.74) is 8.93. The number of thiophene rings is 1. The van der Waals surface area contributed by atoms with Crippen molar-refractivity contribution in [2.75, 3.05) is 5.32 Å². The monoisotopic (exact) mass is 489 g/mol. The number of fused-ring (bicyclic) bond motifs is 1. The van der Waals surface area contributed by atoms with E-state index in [2.05, 4.69) is 15.5 Å². The number of hydrogen-bond acceptors (Lipinski definition) is 6. The largest absolute Gasteiger partial charge is 0.365 e. The summed E-state index contributed by atoms with van der Waals surface area (Å²) >= 11 is 2.77. The molecule has 0 fully saturated rings. The van der Waals surface area contributed by atoms with Gasteiger partial charge in [0.1, 0.15) is 5.00 Å². The van der Waals surface area contributed by atoms with Gasteiger partial charge in [-0.3, -0.25) is 14.2 Å². The van der Waals surface area contributed by atoms with Gasteiger partial charge in [-0.15, -0.1) is 21.5 Å². The molecule has 9 heteroatoms. The van der Waals surface area contributed by atoms with E-state index in [4.69, 9.17) is 5.73 Å². The number of benzene rings is 2. The molecule has 1 aliphatic rings. The van der Waals surface area contributed by atoms with Gasteiger partial charge in [-0.25, -0.2) is 0 Å². The van der Waals surface area contributed by atoms with E-state index in [9.17, 15) is 9.59 Å². The molecule has 2 aromatic heterocycles. The minimum Gasteiger partial charge on any atom is -0.365 e. The van der Waals surface area contributed by atoms with Crippen LogP contribution in [0.1, 0.15) is 34.1 Å². The van der Waals surface area contributed by atoms with Crippen LogP contribution in [0.4, 0.5) is 5.00 Å². The van der Waals surface area contributed by atoms with Crippen LogP contribution >= 0.6 is 23.1 Å². The van der Waals surface area contributed by atoms with E-state index in [1.165, 1.54) is 23.1 Å². The number of aryl methyl sites for hydroxylation is 1. The predicted molar refractivity (Wildman–Crippen MR) is 136 cm³/mol. The van der Waals surface area contributed by atoms with Crippen molar-refractivity contribution in [3.63, 3.8) is 0 Å². The molecule has 0 unspecified atom stereocenters. The number of aromatic nitrogens is 3. The Hall–Kier alpha value is -3.43. The zero-order chi connectivity index (χ0) is 23.7. The second kappa shape index (κ2) is 9.44. The number of rotatable bonds is 7. The summed E-state index contributed by atoms with van der Waals surface area (Å²) < 4.78 is 1.96. The van der Waals surface area contributed by atoms with Gasteiger partial charge in [-0.2, -0.15) is 0 Å². The Bertz CT molecular complexity index is 1350. The molecule has 2 aromatic carbocycles. The van der Waals surface area contributed by atoms with Crippen molar-refractivity contribution < 1.29 is 9.59 Å². The zero-order valence-corrected chi connectivity index (χ0v) is 20.2. The molecular formula is C25H23N5O2S2. The quantitative estimate of drug-likeness (QED) is 0.366. The van der Waals surface area contributed by atoms with E-state index < -0.39 is 11.2 Å². The van der Waals surface area contributed by atoms with Crippen LogP contribution in [-0.4, -0.2) is 31.8 Å². The molecule has 3 N–H and O–H groups in total. The summed E-state index contributed by atoms with van der Waals surface area (Å²) in [4.78, 5) is 26.3. The Morgan fingerprint density at radius 1 is 1.06 bits per heavy atom. The topological polar surface area (TPSA) is 103 Å². The smallest absolute Gasteiger partial charge is 0.251 e. The summed E-state index contributed by atoms with van der Waals surface area (Å²) in [5, 5.41) is 12.5. The maximum Gasteiger partial charge on any atom is 0.251 e. The molecule has 0 spiro atoms. The molecule has 0 saturated carbocycles. The van der Waals surface area contributed by atoms with Crippen LogP contribution in [0.3, 0.4) is 0 Å². The van der Waals surface area contributed by atoms with E-state index in [0.29, 0.717) is 21.5 Å². The molecule has 7 nitrogen and oxygen atoms in total. The van der Waals surface area contributed by atoms with E-state index >= 15 is 0 Å². The van der Waals surface area contributed by atoms with Crippen molar-refractivity contribution in [3.8, 4) is 17.1 Å². The average molecular weight is 490 g/mol. The van der Waals surface area contributed by atoms with Gasteiger partial charge in [0.2, 0.25) is 5.91 Å². The van der Waals surface area contributed by atoms with E-state index in [1.807, 2.05) is 72.2 Å². The van der Waals surface area contributed by atoms with Crippen molar-refractivity contribution in [1.82, 2.24) is 14.8 Å². The third-order valence-electron chi connectivity index (χ3n) is 5.74. The lowest BCUT2D eigenvalue weighted by atomic mass is 10.1. The van der Waals surface area contributed by atoms with Crippen molar-refractivity contribution in [2.45, 2.75) is 36.6 Å². The van der Waals surface area contributed by atoms with Crippen LogP contribution in [0, 0.1) is 0 Å². The lowest BCUT2D eigenvalue weighted by molar-refractivity contribution is -0.115. The third-order valence-corrected chi connectivity index (χ3v) is 7.99. The fraction of sp³-hybridized carbons (Fsp3) is 0.200. The van der Waals surface area contributed by atoms with Gasteiger partial charge >= 0.3 is 0 Å². The van der Waals surface area contributed by atoms with Crippen molar-refractivity contribution in [1.29, 1.82) is 0 Å². The number of amides is 2. The Morgan fingerprint density at radius 3 is 2.47 bits per heavy atom. The Morgan fingerprint density at radius 2 is 1.76 bits per heavy atom. The maximum atomic E-state index is 13.1. The molecule has 0 saturated heterocycles. The van der Waals surface area contributed by atoms with Crippen molar-refractivity contribution in [3.05, 3.63) is 76.7 Å². The van der Waals surface area contributed by atoms with E-state index in [1.54, 1.807) is 0 Å². The van der Waals surface area contributed by atoms with Gasteiger partial charge in [0.15, 0.2) is 11.0 Å². The molecule has 0 radical (unpaired) electrons. The summed E-state index contributed by atoms with van der Waals surface area (Å²) in [6, 6.07) is 19.7. The molecule has 172 valence electrons. The number of hydrogen-bond donors (Lipinski definition) is 2. The molecule has 0 aliphatic heterocycles. The molecule has 1 atom stereocenters. The number of anilines is 1. The molecular weight excluding hydrogens is 466 g/mol.